The third-order valence-corrected chi connectivity index (χ3v) is 2.69. The van der Waals surface area contributed by atoms with Gasteiger partial charge in [0.1, 0.15) is 5.82 Å². The number of benzene rings is 1. The molecule has 84 valence electrons. The molecule has 1 unspecified atom stereocenters. The zero-order chi connectivity index (χ0) is 11.4. The summed E-state index contributed by atoms with van der Waals surface area (Å²) in [6.45, 7) is 0. The van der Waals surface area contributed by atoms with Crippen molar-refractivity contribution in [1.29, 1.82) is 0 Å². The van der Waals surface area contributed by atoms with Crippen LogP contribution in [0.5, 0.6) is 0 Å². The van der Waals surface area contributed by atoms with Gasteiger partial charge in [-0.3, -0.25) is 4.79 Å². The predicted octanol–water partition coefficient (Wildman–Crippen LogP) is 3.12. The van der Waals surface area contributed by atoms with E-state index in [1.165, 1.54) is 12.1 Å². The maximum absolute atomic E-state index is 12.6. The van der Waals surface area contributed by atoms with E-state index in [1.807, 2.05) is 0 Å². The van der Waals surface area contributed by atoms with Crippen LogP contribution in [-0.2, 0) is 4.79 Å². The molecule has 1 aliphatic rings. The van der Waals surface area contributed by atoms with Crippen LogP contribution in [0.25, 0.3) is 0 Å². The summed E-state index contributed by atoms with van der Waals surface area (Å²) < 4.78 is 12.6. The number of carbonyl (C=O) groups is 1. The highest BCUT2D eigenvalue weighted by atomic mass is 19.1. The third-order valence-electron chi connectivity index (χ3n) is 2.69. The SMILES string of the molecule is O=C(CC1C=CCC1)Nc1ccc(F)cc1. The number of carbonyl (C=O) groups excluding carboxylic acids is 1. The topological polar surface area (TPSA) is 29.1 Å². The minimum absolute atomic E-state index is 0.0110. The van der Waals surface area contributed by atoms with Gasteiger partial charge in [-0.1, -0.05) is 12.2 Å². The molecule has 0 saturated carbocycles. The molecule has 0 heterocycles. The van der Waals surface area contributed by atoms with Crippen molar-refractivity contribution in [2.75, 3.05) is 5.32 Å². The molecule has 0 fully saturated rings. The number of hydrogen-bond acceptors (Lipinski definition) is 1. The molecular formula is C13H14FNO. The number of amides is 1. The van der Waals surface area contributed by atoms with Crippen LogP contribution in [0, 0.1) is 11.7 Å². The zero-order valence-corrected chi connectivity index (χ0v) is 8.95. The quantitative estimate of drug-likeness (QED) is 0.777. The van der Waals surface area contributed by atoms with E-state index in [-0.39, 0.29) is 11.7 Å². The summed E-state index contributed by atoms with van der Waals surface area (Å²) in [4.78, 5) is 11.6. The molecule has 0 aliphatic heterocycles. The van der Waals surface area contributed by atoms with Gasteiger partial charge < -0.3 is 5.32 Å². The summed E-state index contributed by atoms with van der Waals surface area (Å²) in [6.07, 6.45) is 6.82. The lowest BCUT2D eigenvalue weighted by Crippen LogP contribution is -2.14. The van der Waals surface area contributed by atoms with E-state index >= 15 is 0 Å². The molecule has 1 aromatic rings. The van der Waals surface area contributed by atoms with E-state index in [0.29, 0.717) is 18.0 Å². The lowest BCUT2D eigenvalue weighted by atomic mass is 10.1. The van der Waals surface area contributed by atoms with Crippen molar-refractivity contribution in [1.82, 2.24) is 0 Å². The Kier molecular flexibility index (Phi) is 3.34. The van der Waals surface area contributed by atoms with Gasteiger partial charge in [0.05, 0.1) is 0 Å². The van der Waals surface area contributed by atoms with Gasteiger partial charge in [-0.15, -0.1) is 0 Å². The number of hydrogen-bond donors (Lipinski definition) is 1. The van der Waals surface area contributed by atoms with Gasteiger partial charge in [0.15, 0.2) is 0 Å². The fraction of sp³-hybridized carbons (Fsp3) is 0.308. The Hall–Kier alpha value is -1.64. The summed E-state index contributed by atoms with van der Waals surface area (Å²) in [5.41, 5.74) is 0.647. The van der Waals surface area contributed by atoms with E-state index in [2.05, 4.69) is 17.5 Å². The first-order valence-electron chi connectivity index (χ1n) is 5.46. The van der Waals surface area contributed by atoms with E-state index in [9.17, 15) is 9.18 Å². The van der Waals surface area contributed by atoms with Gasteiger partial charge in [0, 0.05) is 12.1 Å². The van der Waals surface area contributed by atoms with Crippen LogP contribution in [0.2, 0.25) is 0 Å². The maximum atomic E-state index is 12.6. The minimum atomic E-state index is -0.295. The second-order valence-corrected chi connectivity index (χ2v) is 4.02. The van der Waals surface area contributed by atoms with Crippen molar-refractivity contribution >= 4 is 11.6 Å². The van der Waals surface area contributed by atoms with Crippen LogP contribution >= 0.6 is 0 Å². The lowest BCUT2D eigenvalue weighted by Gasteiger charge is -2.08. The smallest absolute Gasteiger partial charge is 0.224 e. The highest BCUT2D eigenvalue weighted by Crippen LogP contribution is 2.21. The van der Waals surface area contributed by atoms with Crippen molar-refractivity contribution in [3.8, 4) is 0 Å². The Labute approximate surface area is 94.2 Å². The monoisotopic (exact) mass is 219 g/mol. The van der Waals surface area contributed by atoms with E-state index < -0.39 is 0 Å². The van der Waals surface area contributed by atoms with Gasteiger partial charge in [-0.25, -0.2) is 4.39 Å². The molecule has 1 aromatic carbocycles. The van der Waals surface area contributed by atoms with Crippen molar-refractivity contribution in [2.24, 2.45) is 5.92 Å². The zero-order valence-electron chi connectivity index (χ0n) is 8.95. The first-order valence-corrected chi connectivity index (χ1v) is 5.46. The van der Waals surface area contributed by atoms with Gasteiger partial charge in [0.2, 0.25) is 5.91 Å². The standard InChI is InChI=1S/C13H14FNO/c14-11-5-7-12(8-6-11)15-13(16)9-10-3-1-2-4-10/h1,3,5-8,10H,2,4,9H2,(H,15,16). The van der Waals surface area contributed by atoms with Gasteiger partial charge in [0.25, 0.3) is 0 Å². The summed E-state index contributed by atoms with van der Waals surface area (Å²) in [5, 5.41) is 2.76. The first kappa shape index (κ1) is 10.9. The molecule has 16 heavy (non-hydrogen) atoms. The lowest BCUT2D eigenvalue weighted by molar-refractivity contribution is -0.116. The molecule has 3 heteroatoms. The maximum Gasteiger partial charge on any atom is 0.224 e. The Morgan fingerprint density at radius 3 is 2.75 bits per heavy atom. The molecule has 0 saturated heterocycles. The Morgan fingerprint density at radius 1 is 1.38 bits per heavy atom. The summed E-state index contributed by atoms with van der Waals surface area (Å²) in [6, 6.07) is 5.81. The molecule has 0 spiro atoms. The number of anilines is 1. The highest BCUT2D eigenvalue weighted by molar-refractivity contribution is 5.90. The molecule has 0 radical (unpaired) electrons. The fourth-order valence-corrected chi connectivity index (χ4v) is 1.85. The first-order chi connectivity index (χ1) is 7.74. The molecule has 0 aromatic heterocycles. The molecule has 2 nitrogen and oxygen atoms in total. The van der Waals surface area contributed by atoms with Crippen LogP contribution in [0.3, 0.4) is 0 Å². The molecule has 1 atom stereocenters. The van der Waals surface area contributed by atoms with Gasteiger partial charge >= 0.3 is 0 Å². The van der Waals surface area contributed by atoms with E-state index in [4.69, 9.17) is 0 Å². The summed E-state index contributed by atoms with van der Waals surface area (Å²) in [5.74, 6) is 0.0559. The average Bonchev–Trinajstić information content (AvgIpc) is 2.74. The predicted molar refractivity (Wildman–Crippen MR) is 61.5 cm³/mol. The van der Waals surface area contributed by atoms with Crippen LogP contribution < -0.4 is 5.32 Å². The van der Waals surface area contributed by atoms with Gasteiger partial charge in [-0.2, -0.15) is 0 Å². The van der Waals surface area contributed by atoms with Gasteiger partial charge in [-0.05, 0) is 43.0 Å². The van der Waals surface area contributed by atoms with Crippen LogP contribution in [0.1, 0.15) is 19.3 Å². The van der Waals surface area contributed by atoms with E-state index in [1.54, 1.807) is 12.1 Å². The molecule has 1 amide bonds. The third kappa shape index (κ3) is 2.92. The van der Waals surface area contributed by atoms with Crippen LogP contribution in [0.4, 0.5) is 10.1 Å². The number of halogens is 1. The molecule has 1 N–H and O–H groups in total. The number of allylic oxidation sites excluding steroid dienone is 2. The minimum Gasteiger partial charge on any atom is -0.326 e. The Morgan fingerprint density at radius 2 is 2.12 bits per heavy atom. The van der Waals surface area contributed by atoms with Crippen LogP contribution in [0.15, 0.2) is 36.4 Å². The molecule has 2 rings (SSSR count). The normalized spacial score (nSPS) is 18.7. The summed E-state index contributed by atoms with van der Waals surface area (Å²) >= 11 is 0. The summed E-state index contributed by atoms with van der Waals surface area (Å²) in [7, 11) is 0. The molecule has 1 aliphatic carbocycles. The molecule has 0 bridgehead atoms. The van der Waals surface area contributed by atoms with Crippen LogP contribution in [-0.4, -0.2) is 5.91 Å². The second-order valence-electron chi connectivity index (χ2n) is 4.02. The number of nitrogens with one attached hydrogen (secondary N) is 1. The average molecular weight is 219 g/mol. The van der Waals surface area contributed by atoms with E-state index in [0.717, 1.165) is 12.8 Å². The van der Waals surface area contributed by atoms with Crippen molar-refractivity contribution in [3.63, 3.8) is 0 Å². The highest BCUT2D eigenvalue weighted by Gasteiger charge is 2.13. The van der Waals surface area contributed by atoms with Crippen molar-refractivity contribution < 1.29 is 9.18 Å². The van der Waals surface area contributed by atoms with Crippen molar-refractivity contribution in [2.45, 2.75) is 19.3 Å². The number of rotatable bonds is 3. The second kappa shape index (κ2) is 4.92. The Balaban J connectivity index is 1.86. The van der Waals surface area contributed by atoms with Crippen molar-refractivity contribution in [3.05, 3.63) is 42.2 Å². The Bertz CT molecular complexity index is 397. The fourth-order valence-electron chi connectivity index (χ4n) is 1.85. The largest absolute Gasteiger partial charge is 0.326 e. The molecular weight excluding hydrogens is 205 g/mol.